The number of hydrogen-bond donors (Lipinski definition) is 0. The van der Waals surface area contributed by atoms with Gasteiger partial charge in [0.1, 0.15) is 0 Å². The highest BCUT2D eigenvalue weighted by molar-refractivity contribution is 5.89. The molecule has 2 aromatic carbocycles. The Kier molecular flexibility index (Phi) is 7.27. The first kappa shape index (κ1) is 22.4. The lowest BCUT2D eigenvalue weighted by Gasteiger charge is -2.43. The van der Waals surface area contributed by atoms with Crippen molar-refractivity contribution in [2.45, 2.75) is 56.9 Å². The molecule has 2 saturated heterocycles. The van der Waals surface area contributed by atoms with Crippen molar-refractivity contribution in [2.75, 3.05) is 44.2 Å². The summed E-state index contributed by atoms with van der Waals surface area (Å²) in [6.45, 7) is 6.02. The lowest BCUT2D eigenvalue weighted by molar-refractivity contribution is -0.128. The second kappa shape index (κ2) is 10.7. The van der Waals surface area contributed by atoms with Crippen molar-refractivity contribution < 1.29 is 9.63 Å². The Morgan fingerprint density at radius 1 is 0.727 bits per heavy atom. The molecule has 2 aliphatic heterocycles. The van der Waals surface area contributed by atoms with E-state index in [2.05, 4.69) is 34.1 Å². The van der Waals surface area contributed by atoms with Crippen molar-refractivity contribution in [1.82, 2.24) is 9.96 Å². The van der Waals surface area contributed by atoms with Gasteiger partial charge in [0.15, 0.2) is 0 Å². The highest BCUT2D eigenvalue weighted by Crippen LogP contribution is 2.33. The SMILES string of the molecule is O=C(ON1CCC(N2CCN(c3ccc(C4CCCCC4)cc3)CC2)CC1)c1ccccc1. The van der Waals surface area contributed by atoms with Crippen LogP contribution in [0.1, 0.15) is 66.8 Å². The molecule has 176 valence electrons. The van der Waals surface area contributed by atoms with Crippen LogP contribution in [0.25, 0.3) is 0 Å². The fraction of sp³-hybridized carbons (Fsp3) is 0.536. The summed E-state index contributed by atoms with van der Waals surface area (Å²) in [5.74, 6) is 0.527. The van der Waals surface area contributed by atoms with Crippen molar-refractivity contribution in [3.8, 4) is 0 Å². The first-order chi connectivity index (χ1) is 16.3. The van der Waals surface area contributed by atoms with Crippen LogP contribution in [-0.2, 0) is 4.84 Å². The summed E-state index contributed by atoms with van der Waals surface area (Å²) in [4.78, 5) is 23.1. The van der Waals surface area contributed by atoms with Crippen LogP contribution in [-0.4, -0.2) is 61.2 Å². The van der Waals surface area contributed by atoms with Crippen molar-refractivity contribution >= 4 is 11.7 Å². The van der Waals surface area contributed by atoms with E-state index in [0.29, 0.717) is 11.6 Å². The van der Waals surface area contributed by atoms with E-state index in [4.69, 9.17) is 4.84 Å². The summed E-state index contributed by atoms with van der Waals surface area (Å²) in [6.07, 6.45) is 9.03. The van der Waals surface area contributed by atoms with Crippen molar-refractivity contribution in [3.05, 3.63) is 65.7 Å². The zero-order valence-electron chi connectivity index (χ0n) is 19.7. The van der Waals surface area contributed by atoms with Gasteiger partial charge in [0.2, 0.25) is 0 Å². The molecule has 0 bridgehead atoms. The molecule has 1 aliphatic carbocycles. The maximum Gasteiger partial charge on any atom is 0.357 e. The number of benzene rings is 2. The van der Waals surface area contributed by atoms with Gasteiger partial charge in [0, 0.05) is 51.0 Å². The van der Waals surface area contributed by atoms with Gasteiger partial charge >= 0.3 is 5.97 Å². The maximum atomic E-state index is 12.3. The first-order valence-electron chi connectivity index (χ1n) is 12.9. The Morgan fingerprint density at radius 2 is 1.39 bits per heavy atom. The Labute approximate surface area is 198 Å². The van der Waals surface area contributed by atoms with Gasteiger partial charge in [-0.2, -0.15) is 0 Å². The number of nitrogens with zero attached hydrogens (tertiary/aromatic N) is 3. The zero-order valence-corrected chi connectivity index (χ0v) is 19.7. The third kappa shape index (κ3) is 5.59. The number of piperidine rings is 1. The van der Waals surface area contributed by atoms with Crippen LogP contribution in [0, 0.1) is 0 Å². The fourth-order valence-electron chi connectivity index (χ4n) is 5.78. The quantitative estimate of drug-likeness (QED) is 0.638. The molecule has 1 saturated carbocycles. The average Bonchev–Trinajstić information content (AvgIpc) is 2.90. The molecule has 0 N–H and O–H groups in total. The van der Waals surface area contributed by atoms with Gasteiger partial charge in [-0.3, -0.25) is 4.90 Å². The minimum absolute atomic E-state index is 0.253. The minimum atomic E-state index is -0.253. The number of carbonyl (C=O) groups is 1. The Morgan fingerprint density at radius 3 is 2.06 bits per heavy atom. The van der Waals surface area contributed by atoms with E-state index >= 15 is 0 Å². The van der Waals surface area contributed by atoms with Crippen LogP contribution in [0.3, 0.4) is 0 Å². The van der Waals surface area contributed by atoms with Crippen molar-refractivity contribution in [2.24, 2.45) is 0 Å². The second-order valence-corrected chi connectivity index (χ2v) is 9.85. The van der Waals surface area contributed by atoms with E-state index < -0.39 is 0 Å². The van der Waals surface area contributed by atoms with E-state index in [1.54, 1.807) is 12.1 Å². The lowest BCUT2D eigenvalue weighted by Crippen LogP contribution is -2.53. The van der Waals surface area contributed by atoms with Crippen LogP contribution in [0.15, 0.2) is 54.6 Å². The third-order valence-corrected chi connectivity index (χ3v) is 7.81. The van der Waals surface area contributed by atoms with E-state index in [-0.39, 0.29) is 5.97 Å². The number of carbonyl (C=O) groups excluding carboxylic acids is 1. The van der Waals surface area contributed by atoms with Gasteiger partial charge < -0.3 is 9.74 Å². The van der Waals surface area contributed by atoms with Gasteiger partial charge in [-0.1, -0.05) is 49.6 Å². The molecular formula is C28H37N3O2. The second-order valence-electron chi connectivity index (χ2n) is 9.85. The number of piperazine rings is 1. The predicted octanol–water partition coefficient (Wildman–Crippen LogP) is 5.09. The number of hydrogen-bond acceptors (Lipinski definition) is 5. The first-order valence-corrected chi connectivity index (χ1v) is 12.9. The highest BCUT2D eigenvalue weighted by atomic mass is 16.7. The normalized spacial score (nSPS) is 21.8. The Balaban J connectivity index is 1.06. The summed E-state index contributed by atoms with van der Waals surface area (Å²) in [5, 5.41) is 1.84. The van der Waals surface area contributed by atoms with Crippen LogP contribution in [0.5, 0.6) is 0 Å². The highest BCUT2D eigenvalue weighted by Gasteiger charge is 2.29. The molecular weight excluding hydrogens is 410 g/mol. The van der Waals surface area contributed by atoms with Gasteiger partial charge in [0.05, 0.1) is 5.56 Å². The summed E-state index contributed by atoms with van der Waals surface area (Å²) in [5.41, 5.74) is 3.52. The van der Waals surface area contributed by atoms with Crippen molar-refractivity contribution in [1.29, 1.82) is 0 Å². The molecule has 2 heterocycles. The van der Waals surface area contributed by atoms with E-state index in [1.807, 2.05) is 23.3 Å². The predicted molar refractivity (Wildman–Crippen MR) is 133 cm³/mol. The molecule has 0 spiro atoms. The van der Waals surface area contributed by atoms with Crippen LogP contribution in [0.2, 0.25) is 0 Å². The summed E-state index contributed by atoms with van der Waals surface area (Å²) in [6, 6.07) is 19.3. The van der Waals surface area contributed by atoms with Crippen LogP contribution in [0.4, 0.5) is 5.69 Å². The van der Waals surface area contributed by atoms with Gasteiger partial charge in [-0.15, -0.1) is 5.06 Å². The molecule has 0 atom stereocenters. The minimum Gasteiger partial charge on any atom is -0.369 e. The number of anilines is 1. The smallest absolute Gasteiger partial charge is 0.357 e. The lowest BCUT2D eigenvalue weighted by atomic mass is 9.84. The van der Waals surface area contributed by atoms with Gasteiger partial charge in [0.25, 0.3) is 0 Å². The van der Waals surface area contributed by atoms with Crippen LogP contribution >= 0.6 is 0 Å². The molecule has 33 heavy (non-hydrogen) atoms. The summed E-state index contributed by atoms with van der Waals surface area (Å²) in [7, 11) is 0. The Hall–Kier alpha value is -2.37. The molecule has 0 radical (unpaired) electrons. The van der Waals surface area contributed by atoms with E-state index in [9.17, 15) is 4.79 Å². The zero-order chi connectivity index (χ0) is 22.5. The summed E-state index contributed by atoms with van der Waals surface area (Å²) >= 11 is 0. The molecule has 0 amide bonds. The van der Waals surface area contributed by atoms with Gasteiger partial charge in [-0.05, 0) is 61.4 Å². The third-order valence-electron chi connectivity index (χ3n) is 7.81. The maximum absolute atomic E-state index is 12.3. The largest absolute Gasteiger partial charge is 0.369 e. The standard InChI is InChI=1S/C28H37N3O2/c32-28(25-9-5-2-6-10-25)33-31-17-15-27(16-18-31)30-21-19-29(20-22-30)26-13-11-24(12-14-26)23-7-3-1-4-8-23/h2,5-6,9-14,23,27H,1,3-4,7-8,15-22H2. The van der Waals surface area contributed by atoms with E-state index in [1.165, 1.54) is 43.4 Å². The molecule has 3 aliphatic rings. The monoisotopic (exact) mass is 447 g/mol. The number of hydroxylamine groups is 2. The summed E-state index contributed by atoms with van der Waals surface area (Å²) < 4.78 is 0. The van der Waals surface area contributed by atoms with Crippen LogP contribution < -0.4 is 4.90 Å². The molecule has 3 fully saturated rings. The fourth-order valence-corrected chi connectivity index (χ4v) is 5.78. The molecule has 0 aromatic heterocycles. The molecule has 5 nitrogen and oxygen atoms in total. The topological polar surface area (TPSA) is 36.0 Å². The van der Waals surface area contributed by atoms with Gasteiger partial charge in [-0.25, -0.2) is 4.79 Å². The molecule has 5 heteroatoms. The average molecular weight is 448 g/mol. The number of rotatable bonds is 5. The van der Waals surface area contributed by atoms with Crippen molar-refractivity contribution in [3.63, 3.8) is 0 Å². The Bertz CT molecular complexity index is 879. The molecule has 5 rings (SSSR count). The van der Waals surface area contributed by atoms with E-state index in [0.717, 1.165) is 58.0 Å². The molecule has 2 aromatic rings. The molecule has 0 unspecified atom stereocenters.